The van der Waals surface area contributed by atoms with Crippen LogP contribution in [-0.2, 0) is 14.4 Å². The number of fused-ring (bicyclic) bond motifs is 5. The SMILES string of the molecule is CC12CC(=O)C3C(CC=C4CC(=O)CCC43C)C1CCC2=O. The zero-order chi connectivity index (χ0) is 15.7. The summed E-state index contributed by atoms with van der Waals surface area (Å²) >= 11 is 0. The number of rotatable bonds is 0. The van der Waals surface area contributed by atoms with Crippen molar-refractivity contribution in [3.05, 3.63) is 11.6 Å². The van der Waals surface area contributed by atoms with Crippen LogP contribution in [-0.4, -0.2) is 17.3 Å². The monoisotopic (exact) mass is 300 g/mol. The summed E-state index contributed by atoms with van der Waals surface area (Å²) in [6, 6.07) is 0. The molecular formula is C19H24O3. The third-order valence-electron chi connectivity index (χ3n) is 7.34. The summed E-state index contributed by atoms with van der Waals surface area (Å²) in [7, 11) is 0. The first-order valence-electron chi connectivity index (χ1n) is 8.63. The molecule has 3 fully saturated rings. The molecule has 0 aliphatic heterocycles. The highest BCUT2D eigenvalue weighted by Gasteiger charge is 2.61. The van der Waals surface area contributed by atoms with Crippen molar-refractivity contribution in [3.8, 4) is 0 Å². The van der Waals surface area contributed by atoms with Crippen molar-refractivity contribution in [1.82, 2.24) is 0 Å². The molecule has 5 unspecified atom stereocenters. The van der Waals surface area contributed by atoms with Crippen molar-refractivity contribution in [1.29, 1.82) is 0 Å². The lowest BCUT2D eigenvalue weighted by Gasteiger charge is -2.54. The Balaban J connectivity index is 1.77. The van der Waals surface area contributed by atoms with E-state index in [1.807, 2.05) is 6.92 Å². The predicted octanol–water partition coefficient (Wildman–Crippen LogP) is 3.27. The smallest absolute Gasteiger partial charge is 0.139 e. The predicted molar refractivity (Wildman–Crippen MR) is 82.1 cm³/mol. The molecule has 3 saturated carbocycles. The molecule has 4 rings (SSSR count). The topological polar surface area (TPSA) is 51.2 Å². The minimum atomic E-state index is -0.412. The maximum Gasteiger partial charge on any atom is 0.139 e. The zero-order valence-electron chi connectivity index (χ0n) is 13.5. The van der Waals surface area contributed by atoms with E-state index in [4.69, 9.17) is 0 Å². The van der Waals surface area contributed by atoms with Gasteiger partial charge in [-0.1, -0.05) is 25.5 Å². The van der Waals surface area contributed by atoms with Gasteiger partial charge in [0.05, 0.1) is 0 Å². The first kappa shape index (κ1) is 14.3. The van der Waals surface area contributed by atoms with Gasteiger partial charge >= 0.3 is 0 Å². The first-order chi connectivity index (χ1) is 10.4. The second-order valence-electron chi connectivity index (χ2n) is 8.37. The average Bonchev–Trinajstić information content (AvgIpc) is 2.75. The molecule has 0 radical (unpaired) electrons. The summed E-state index contributed by atoms with van der Waals surface area (Å²) in [6.07, 6.45) is 7.07. The van der Waals surface area contributed by atoms with Gasteiger partial charge in [-0.15, -0.1) is 0 Å². The number of hydrogen-bond donors (Lipinski definition) is 0. The van der Waals surface area contributed by atoms with Crippen LogP contribution in [0.2, 0.25) is 0 Å². The Morgan fingerprint density at radius 3 is 2.64 bits per heavy atom. The molecule has 0 heterocycles. The summed E-state index contributed by atoms with van der Waals surface area (Å²) < 4.78 is 0. The fourth-order valence-corrected chi connectivity index (χ4v) is 6.09. The average molecular weight is 300 g/mol. The van der Waals surface area contributed by atoms with E-state index in [1.54, 1.807) is 0 Å². The van der Waals surface area contributed by atoms with E-state index in [-0.39, 0.29) is 17.1 Å². The van der Waals surface area contributed by atoms with Gasteiger partial charge in [-0.3, -0.25) is 14.4 Å². The minimum Gasteiger partial charge on any atom is -0.299 e. The number of carbonyl (C=O) groups excluding carboxylic acids is 3. The summed E-state index contributed by atoms with van der Waals surface area (Å²) in [6.45, 7) is 4.21. The molecule has 118 valence electrons. The second kappa shape index (κ2) is 4.39. The molecule has 0 spiro atoms. The Bertz CT molecular complexity index is 616. The Morgan fingerprint density at radius 2 is 1.86 bits per heavy atom. The maximum absolute atomic E-state index is 13.0. The van der Waals surface area contributed by atoms with Crippen molar-refractivity contribution in [2.45, 2.75) is 58.8 Å². The van der Waals surface area contributed by atoms with Crippen molar-refractivity contribution in [2.24, 2.45) is 28.6 Å². The van der Waals surface area contributed by atoms with Gasteiger partial charge in [0.15, 0.2) is 0 Å². The van der Waals surface area contributed by atoms with Crippen LogP contribution in [0.1, 0.15) is 58.8 Å². The van der Waals surface area contributed by atoms with E-state index >= 15 is 0 Å². The Morgan fingerprint density at radius 1 is 1.09 bits per heavy atom. The lowest BCUT2D eigenvalue weighted by Crippen LogP contribution is -2.54. The number of hydrogen-bond acceptors (Lipinski definition) is 3. The lowest BCUT2D eigenvalue weighted by molar-refractivity contribution is -0.149. The highest BCUT2D eigenvalue weighted by Crippen LogP contribution is 2.62. The highest BCUT2D eigenvalue weighted by atomic mass is 16.1. The maximum atomic E-state index is 13.0. The van der Waals surface area contributed by atoms with Crippen LogP contribution < -0.4 is 0 Å². The van der Waals surface area contributed by atoms with Gasteiger partial charge in [0.2, 0.25) is 0 Å². The van der Waals surface area contributed by atoms with E-state index < -0.39 is 5.41 Å². The van der Waals surface area contributed by atoms with Gasteiger partial charge < -0.3 is 0 Å². The molecule has 0 aromatic rings. The summed E-state index contributed by atoms with van der Waals surface area (Å²) in [5, 5.41) is 0. The van der Waals surface area contributed by atoms with Gasteiger partial charge in [-0.25, -0.2) is 0 Å². The number of Topliss-reactive ketones (excluding diaryl/α,β-unsaturated/α-hetero) is 3. The lowest BCUT2D eigenvalue weighted by atomic mass is 9.47. The Labute approximate surface area is 131 Å². The molecule has 0 amide bonds. The third-order valence-corrected chi connectivity index (χ3v) is 7.34. The minimum absolute atomic E-state index is 0.0320. The molecule has 5 atom stereocenters. The second-order valence-corrected chi connectivity index (χ2v) is 8.37. The van der Waals surface area contributed by atoms with E-state index in [2.05, 4.69) is 13.0 Å². The molecule has 3 heteroatoms. The summed E-state index contributed by atoms with van der Waals surface area (Å²) in [4.78, 5) is 37.2. The fourth-order valence-electron chi connectivity index (χ4n) is 6.09. The Kier molecular flexibility index (Phi) is 2.87. The molecule has 0 saturated heterocycles. The molecule has 4 aliphatic carbocycles. The largest absolute Gasteiger partial charge is 0.299 e. The molecule has 3 nitrogen and oxygen atoms in total. The molecular weight excluding hydrogens is 276 g/mol. The molecule has 0 aromatic heterocycles. The van der Waals surface area contributed by atoms with Gasteiger partial charge in [-0.2, -0.15) is 0 Å². The normalized spacial score (nSPS) is 47.6. The van der Waals surface area contributed by atoms with E-state index in [0.717, 1.165) is 19.3 Å². The Hall–Kier alpha value is -1.25. The van der Waals surface area contributed by atoms with Crippen LogP contribution in [0.4, 0.5) is 0 Å². The van der Waals surface area contributed by atoms with Gasteiger partial charge in [-0.05, 0) is 36.5 Å². The van der Waals surface area contributed by atoms with Crippen LogP contribution in [0.15, 0.2) is 11.6 Å². The molecule has 0 aromatic carbocycles. The van der Waals surface area contributed by atoms with E-state index in [0.29, 0.717) is 49.1 Å². The molecule has 0 bridgehead atoms. The first-order valence-corrected chi connectivity index (χ1v) is 8.63. The number of carbonyl (C=O) groups is 3. The van der Waals surface area contributed by atoms with Crippen molar-refractivity contribution in [2.75, 3.05) is 0 Å². The summed E-state index contributed by atoms with van der Waals surface area (Å²) in [5.41, 5.74) is 0.650. The molecule has 22 heavy (non-hydrogen) atoms. The summed E-state index contributed by atoms with van der Waals surface area (Å²) in [5.74, 6) is 1.58. The van der Waals surface area contributed by atoms with Crippen molar-refractivity contribution >= 4 is 17.3 Å². The van der Waals surface area contributed by atoms with Crippen LogP contribution in [0.25, 0.3) is 0 Å². The number of ketones is 3. The molecule has 0 N–H and O–H groups in total. The van der Waals surface area contributed by atoms with E-state index in [1.165, 1.54) is 5.57 Å². The van der Waals surface area contributed by atoms with Crippen LogP contribution in [0.3, 0.4) is 0 Å². The zero-order valence-corrected chi connectivity index (χ0v) is 13.5. The number of allylic oxidation sites excluding steroid dienone is 2. The quantitative estimate of drug-likeness (QED) is 0.645. The van der Waals surface area contributed by atoms with Crippen molar-refractivity contribution in [3.63, 3.8) is 0 Å². The van der Waals surface area contributed by atoms with Gasteiger partial charge in [0, 0.05) is 37.0 Å². The van der Waals surface area contributed by atoms with Crippen molar-refractivity contribution < 1.29 is 14.4 Å². The fraction of sp³-hybridized carbons (Fsp3) is 0.737. The highest BCUT2D eigenvalue weighted by molar-refractivity contribution is 5.96. The van der Waals surface area contributed by atoms with Gasteiger partial charge in [0.1, 0.15) is 17.3 Å². The molecule has 4 aliphatic rings. The van der Waals surface area contributed by atoms with Crippen LogP contribution in [0.5, 0.6) is 0 Å². The van der Waals surface area contributed by atoms with E-state index in [9.17, 15) is 14.4 Å². The third kappa shape index (κ3) is 1.65. The van der Waals surface area contributed by atoms with Crippen LogP contribution in [0, 0.1) is 28.6 Å². The van der Waals surface area contributed by atoms with Gasteiger partial charge in [0.25, 0.3) is 0 Å². The van der Waals surface area contributed by atoms with Crippen LogP contribution >= 0.6 is 0 Å². The standard InChI is InChI=1S/C19H24O3/c1-18-8-7-12(20)9-11(18)3-4-13-14-5-6-16(22)19(14,2)10-15(21)17(13)18/h3,13-14,17H,4-10H2,1-2H3.